The number of carbonyl (C=O) groups is 1. The monoisotopic (exact) mass is 305 g/mol. The molecule has 1 saturated carbocycles. The van der Waals surface area contributed by atoms with Gasteiger partial charge in [-0.25, -0.2) is 0 Å². The van der Waals surface area contributed by atoms with Gasteiger partial charge < -0.3 is 15.5 Å². The van der Waals surface area contributed by atoms with Crippen LogP contribution in [0.3, 0.4) is 0 Å². The van der Waals surface area contributed by atoms with Gasteiger partial charge in [0.25, 0.3) is 0 Å². The van der Waals surface area contributed by atoms with Crippen molar-refractivity contribution in [2.24, 2.45) is 11.8 Å². The molecule has 0 heterocycles. The molecule has 4 heteroatoms. The molecule has 0 aromatic heterocycles. The van der Waals surface area contributed by atoms with Crippen molar-refractivity contribution in [2.75, 3.05) is 13.2 Å². The van der Waals surface area contributed by atoms with Crippen molar-refractivity contribution in [1.29, 1.82) is 0 Å². The SMILES string of the molecule is Cc1ccccc1C[C@H](CO)CNC(=O)C1CCC(O)CC1. The van der Waals surface area contributed by atoms with Crippen LogP contribution in [0.4, 0.5) is 0 Å². The van der Waals surface area contributed by atoms with Crippen LogP contribution in [0.2, 0.25) is 0 Å². The fourth-order valence-corrected chi connectivity index (χ4v) is 3.08. The van der Waals surface area contributed by atoms with Crippen LogP contribution in [0.5, 0.6) is 0 Å². The summed E-state index contributed by atoms with van der Waals surface area (Å²) < 4.78 is 0. The van der Waals surface area contributed by atoms with E-state index in [2.05, 4.69) is 24.4 Å². The molecule has 0 aliphatic heterocycles. The Morgan fingerprint density at radius 1 is 1.27 bits per heavy atom. The Morgan fingerprint density at radius 2 is 1.95 bits per heavy atom. The molecule has 4 nitrogen and oxygen atoms in total. The van der Waals surface area contributed by atoms with Gasteiger partial charge in [-0.1, -0.05) is 24.3 Å². The van der Waals surface area contributed by atoms with Gasteiger partial charge in [0.1, 0.15) is 0 Å². The summed E-state index contributed by atoms with van der Waals surface area (Å²) in [5.41, 5.74) is 2.44. The van der Waals surface area contributed by atoms with Gasteiger partial charge in [0, 0.05) is 25.0 Å². The summed E-state index contributed by atoms with van der Waals surface area (Å²) in [6.45, 7) is 2.64. The van der Waals surface area contributed by atoms with Crippen LogP contribution in [0, 0.1) is 18.8 Å². The number of hydrogen-bond donors (Lipinski definition) is 3. The predicted molar refractivity (Wildman–Crippen MR) is 86.4 cm³/mol. The van der Waals surface area contributed by atoms with Gasteiger partial charge in [-0.05, 0) is 50.2 Å². The summed E-state index contributed by atoms with van der Waals surface area (Å²) >= 11 is 0. The second kappa shape index (κ2) is 8.30. The molecule has 0 bridgehead atoms. The Bertz CT molecular complexity index is 481. The summed E-state index contributed by atoms with van der Waals surface area (Å²) in [6.07, 6.45) is 3.47. The Labute approximate surface area is 132 Å². The Balaban J connectivity index is 1.81. The van der Waals surface area contributed by atoms with Crippen molar-refractivity contribution in [2.45, 2.75) is 45.1 Å². The highest BCUT2D eigenvalue weighted by atomic mass is 16.3. The molecular weight excluding hydrogens is 278 g/mol. The Morgan fingerprint density at radius 3 is 2.59 bits per heavy atom. The van der Waals surface area contributed by atoms with Gasteiger partial charge in [0.2, 0.25) is 5.91 Å². The second-order valence-corrected chi connectivity index (χ2v) is 6.43. The molecule has 1 aliphatic rings. The number of aliphatic hydroxyl groups excluding tert-OH is 2. The molecule has 0 unspecified atom stereocenters. The molecule has 3 N–H and O–H groups in total. The molecule has 0 spiro atoms. The lowest BCUT2D eigenvalue weighted by Gasteiger charge is -2.25. The third-order valence-electron chi connectivity index (χ3n) is 4.66. The van der Waals surface area contributed by atoms with Crippen molar-refractivity contribution in [1.82, 2.24) is 5.32 Å². The zero-order valence-corrected chi connectivity index (χ0v) is 13.3. The number of rotatable bonds is 6. The maximum absolute atomic E-state index is 12.2. The van der Waals surface area contributed by atoms with Gasteiger partial charge in [0.05, 0.1) is 6.10 Å². The van der Waals surface area contributed by atoms with Gasteiger partial charge in [-0.15, -0.1) is 0 Å². The van der Waals surface area contributed by atoms with Crippen molar-refractivity contribution < 1.29 is 15.0 Å². The summed E-state index contributed by atoms with van der Waals surface area (Å²) in [7, 11) is 0. The van der Waals surface area contributed by atoms with Crippen LogP contribution in [0.25, 0.3) is 0 Å². The molecule has 122 valence electrons. The number of benzene rings is 1. The smallest absolute Gasteiger partial charge is 0.223 e. The van der Waals surface area contributed by atoms with Gasteiger partial charge in [-0.2, -0.15) is 0 Å². The predicted octanol–water partition coefficient (Wildman–Crippen LogP) is 1.81. The molecule has 1 atom stereocenters. The van der Waals surface area contributed by atoms with E-state index >= 15 is 0 Å². The molecule has 1 aliphatic carbocycles. The minimum Gasteiger partial charge on any atom is -0.396 e. The molecule has 1 amide bonds. The Hall–Kier alpha value is -1.39. The number of aliphatic hydroxyl groups is 2. The normalized spacial score (nSPS) is 23.0. The summed E-state index contributed by atoms with van der Waals surface area (Å²) in [5, 5.41) is 22.0. The third-order valence-corrected chi connectivity index (χ3v) is 4.66. The standard InChI is InChI=1S/C18H27NO3/c1-13-4-2-3-5-16(13)10-14(12-20)11-19-18(22)15-6-8-17(21)9-7-15/h2-5,14-15,17,20-21H,6-12H2,1H3,(H,19,22)/t14-,15?,17?/m0/s1. The first-order valence-corrected chi connectivity index (χ1v) is 8.21. The van der Waals surface area contributed by atoms with Crippen molar-refractivity contribution in [3.8, 4) is 0 Å². The maximum atomic E-state index is 12.2. The van der Waals surface area contributed by atoms with Crippen LogP contribution in [-0.2, 0) is 11.2 Å². The van der Waals surface area contributed by atoms with E-state index in [-0.39, 0.29) is 30.5 Å². The molecule has 1 aromatic rings. The fourth-order valence-electron chi connectivity index (χ4n) is 3.08. The highest BCUT2D eigenvalue weighted by molar-refractivity contribution is 5.78. The fraction of sp³-hybridized carbons (Fsp3) is 0.611. The van der Waals surface area contributed by atoms with Crippen molar-refractivity contribution in [3.05, 3.63) is 35.4 Å². The first-order valence-electron chi connectivity index (χ1n) is 8.21. The van der Waals surface area contributed by atoms with E-state index in [4.69, 9.17) is 0 Å². The highest BCUT2D eigenvalue weighted by Gasteiger charge is 2.25. The minimum absolute atomic E-state index is 0.0150. The number of amides is 1. The molecular formula is C18H27NO3. The van der Waals surface area contributed by atoms with Crippen LogP contribution < -0.4 is 5.32 Å². The van der Waals surface area contributed by atoms with Crippen LogP contribution >= 0.6 is 0 Å². The largest absolute Gasteiger partial charge is 0.396 e. The van der Waals surface area contributed by atoms with Crippen molar-refractivity contribution >= 4 is 5.91 Å². The first kappa shape index (κ1) is 17.0. The Kier molecular flexibility index (Phi) is 6.40. The van der Waals surface area contributed by atoms with Gasteiger partial charge in [-0.3, -0.25) is 4.79 Å². The summed E-state index contributed by atoms with van der Waals surface area (Å²) in [5.74, 6) is 0.121. The lowest BCUT2D eigenvalue weighted by Crippen LogP contribution is -2.38. The molecule has 1 fully saturated rings. The molecule has 1 aromatic carbocycles. The molecule has 0 radical (unpaired) electrons. The van der Waals surface area contributed by atoms with E-state index in [1.807, 2.05) is 12.1 Å². The lowest BCUT2D eigenvalue weighted by molar-refractivity contribution is -0.126. The van der Waals surface area contributed by atoms with E-state index in [1.165, 1.54) is 11.1 Å². The second-order valence-electron chi connectivity index (χ2n) is 6.43. The number of hydrogen-bond acceptors (Lipinski definition) is 3. The third kappa shape index (κ3) is 4.82. The van der Waals surface area contributed by atoms with Crippen LogP contribution in [-0.4, -0.2) is 35.4 Å². The van der Waals surface area contributed by atoms with E-state index in [9.17, 15) is 15.0 Å². The number of nitrogens with one attached hydrogen (secondary N) is 1. The van der Waals surface area contributed by atoms with E-state index < -0.39 is 0 Å². The van der Waals surface area contributed by atoms with Gasteiger partial charge in [0.15, 0.2) is 0 Å². The summed E-state index contributed by atoms with van der Waals surface area (Å²) in [6, 6.07) is 8.15. The zero-order chi connectivity index (χ0) is 15.9. The van der Waals surface area contributed by atoms with Crippen LogP contribution in [0.1, 0.15) is 36.8 Å². The summed E-state index contributed by atoms with van der Waals surface area (Å²) in [4.78, 5) is 12.2. The number of aryl methyl sites for hydroxylation is 1. The average molecular weight is 305 g/mol. The highest BCUT2D eigenvalue weighted by Crippen LogP contribution is 2.24. The van der Waals surface area contributed by atoms with Gasteiger partial charge >= 0.3 is 0 Å². The van der Waals surface area contributed by atoms with Crippen LogP contribution in [0.15, 0.2) is 24.3 Å². The average Bonchev–Trinajstić information content (AvgIpc) is 2.53. The quantitative estimate of drug-likeness (QED) is 0.751. The van der Waals surface area contributed by atoms with Crippen molar-refractivity contribution in [3.63, 3.8) is 0 Å². The topological polar surface area (TPSA) is 69.6 Å². The molecule has 2 rings (SSSR count). The van der Waals surface area contributed by atoms with E-state index in [0.29, 0.717) is 19.4 Å². The molecule has 0 saturated heterocycles. The molecule has 22 heavy (non-hydrogen) atoms. The lowest BCUT2D eigenvalue weighted by atomic mass is 9.87. The first-order chi connectivity index (χ1) is 10.6. The number of carbonyl (C=O) groups excluding carboxylic acids is 1. The van der Waals surface area contributed by atoms with E-state index in [0.717, 1.165) is 19.3 Å². The maximum Gasteiger partial charge on any atom is 0.223 e. The minimum atomic E-state index is -0.240. The van der Waals surface area contributed by atoms with E-state index in [1.54, 1.807) is 0 Å². The zero-order valence-electron chi connectivity index (χ0n) is 13.3.